The first-order chi connectivity index (χ1) is 12.0. The molecule has 2 aromatic carbocycles. The third-order valence-corrected chi connectivity index (χ3v) is 3.71. The van der Waals surface area contributed by atoms with Crippen LogP contribution in [0.15, 0.2) is 54.1 Å². The van der Waals surface area contributed by atoms with Gasteiger partial charge in [0, 0.05) is 11.1 Å². The van der Waals surface area contributed by atoms with Crippen molar-refractivity contribution in [3.63, 3.8) is 0 Å². The molecule has 2 N–H and O–H groups in total. The Kier molecular flexibility index (Phi) is 4.85. The fourth-order valence-corrected chi connectivity index (χ4v) is 2.45. The van der Waals surface area contributed by atoms with E-state index in [1.54, 1.807) is 42.5 Å². The molecular formula is C18H13FN2O3S. The lowest BCUT2D eigenvalue weighted by atomic mass is 10.1. The van der Waals surface area contributed by atoms with Crippen LogP contribution in [0.25, 0.3) is 6.08 Å². The summed E-state index contributed by atoms with van der Waals surface area (Å²) in [7, 11) is 0. The second-order valence-corrected chi connectivity index (χ2v) is 5.62. The first-order valence-electron chi connectivity index (χ1n) is 7.38. The van der Waals surface area contributed by atoms with Gasteiger partial charge in [0.05, 0.1) is 0 Å². The van der Waals surface area contributed by atoms with Crippen molar-refractivity contribution in [1.82, 2.24) is 10.6 Å². The van der Waals surface area contributed by atoms with Crippen LogP contribution in [0.4, 0.5) is 4.39 Å². The molecule has 0 spiro atoms. The average molecular weight is 356 g/mol. The molecule has 7 heteroatoms. The number of para-hydroxylation sites is 1. The Balaban J connectivity index is 1.85. The number of carbonyl (C=O) groups excluding carboxylic acids is 2. The van der Waals surface area contributed by atoms with Crippen LogP contribution in [0.5, 0.6) is 5.75 Å². The molecular weight excluding hydrogens is 343 g/mol. The van der Waals surface area contributed by atoms with Gasteiger partial charge in [-0.3, -0.25) is 20.2 Å². The molecule has 2 amide bonds. The van der Waals surface area contributed by atoms with Crippen LogP contribution in [0.2, 0.25) is 0 Å². The van der Waals surface area contributed by atoms with Crippen LogP contribution in [-0.4, -0.2) is 16.9 Å². The van der Waals surface area contributed by atoms with Crippen LogP contribution < -0.4 is 15.4 Å². The van der Waals surface area contributed by atoms with Gasteiger partial charge in [-0.2, -0.15) is 0 Å². The number of hydrogen-bond donors (Lipinski definition) is 2. The van der Waals surface area contributed by atoms with Crippen LogP contribution >= 0.6 is 12.2 Å². The summed E-state index contributed by atoms with van der Waals surface area (Å²) in [4.78, 5) is 23.9. The summed E-state index contributed by atoms with van der Waals surface area (Å²) in [5.74, 6) is -1.11. The largest absolute Gasteiger partial charge is 0.488 e. The zero-order chi connectivity index (χ0) is 17.8. The highest BCUT2D eigenvalue weighted by Crippen LogP contribution is 2.23. The van der Waals surface area contributed by atoms with Gasteiger partial charge in [0.25, 0.3) is 11.8 Å². The third kappa shape index (κ3) is 3.89. The maximum absolute atomic E-state index is 13.7. The minimum absolute atomic E-state index is 0.0232. The standard InChI is InChI=1S/C18H13FN2O3S/c19-14-7-3-1-6-12(14)10-24-15-8-4-2-5-11(15)9-13-16(22)20-18(25)21-17(13)23/h1-9H,10H2,(H2,20,21,22,23,25). The molecule has 0 aliphatic carbocycles. The molecule has 1 aliphatic heterocycles. The summed E-state index contributed by atoms with van der Waals surface area (Å²) < 4.78 is 19.4. The van der Waals surface area contributed by atoms with E-state index in [9.17, 15) is 14.0 Å². The summed E-state index contributed by atoms with van der Waals surface area (Å²) in [5, 5.41) is 4.70. The highest BCUT2D eigenvalue weighted by molar-refractivity contribution is 7.80. The Hall–Kier alpha value is -3.06. The van der Waals surface area contributed by atoms with E-state index in [0.29, 0.717) is 16.9 Å². The summed E-state index contributed by atoms with van der Waals surface area (Å²) in [6, 6.07) is 13.1. The van der Waals surface area contributed by atoms with Crippen molar-refractivity contribution in [3.05, 3.63) is 71.0 Å². The van der Waals surface area contributed by atoms with Crippen molar-refractivity contribution in [1.29, 1.82) is 0 Å². The minimum Gasteiger partial charge on any atom is -0.488 e. The van der Waals surface area contributed by atoms with Gasteiger partial charge in [-0.1, -0.05) is 36.4 Å². The maximum atomic E-state index is 13.7. The maximum Gasteiger partial charge on any atom is 0.263 e. The SMILES string of the molecule is O=C1NC(=S)NC(=O)C1=Cc1ccccc1OCc1ccccc1F. The molecule has 126 valence electrons. The minimum atomic E-state index is -0.586. The monoisotopic (exact) mass is 356 g/mol. The smallest absolute Gasteiger partial charge is 0.263 e. The molecule has 0 saturated carbocycles. The van der Waals surface area contributed by atoms with Crippen molar-refractivity contribution >= 4 is 35.2 Å². The number of carbonyl (C=O) groups is 2. The lowest BCUT2D eigenvalue weighted by Crippen LogP contribution is -2.51. The summed E-state index contributed by atoms with van der Waals surface area (Å²) in [6.07, 6.45) is 1.41. The molecule has 0 aromatic heterocycles. The fraction of sp³-hybridized carbons (Fsp3) is 0.0556. The van der Waals surface area contributed by atoms with E-state index in [-0.39, 0.29) is 23.1 Å². The van der Waals surface area contributed by atoms with Gasteiger partial charge < -0.3 is 4.74 Å². The number of ether oxygens (including phenoxy) is 1. The lowest BCUT2D eigenvalue weighted by Gasteiger charge is -2.17. The van der Waals surface area contributed by atoms with E-state index in [0.717, 1.165) is 0 Å². The molecule has 0 bridgehead atoms. The zero-order valence-electron chi connectivity index (χ0n) is 12.9. The van der Waals surface area contributed by atoms with Crippen molar-refractivity contribution < 1.29 is 18.7 Å². The Morgan fingerprint density at radius 1 is 1.00 bits per heavy atom. The van der Waals surface area contributed by atoms with Gasteiger partial charge in [-0.15, -0.1) is 0 Å². The van der Waals surface area contributed by atoms with Crippen LogP contribution in [0.3, 0.4) is 0 Å². The van der Waals surface area contributed by atoms with Crippen molar-refractivity contribution in [3.8, 4) is 5.75 Å². The number of hydrogen-bond acceptors (Lipinski definition) is 4. The van der Waals surface area contributed by atoms with Gasteiger partial charge in [0.15, 0.2) is 5.11 Å². The Labute approximate surface area is 148 Å². The predicted molar refractivity (Wildman–Crippen MR) is 94.0 cm³/mol. The highest BCUT2D eigenvalue weighted by Gasteiger charge is 2.26. The second kappa shape index (κ2) is 7.23. The summed E-state index contributed by atoms with van der Waals surface area (Å²) >= 11 is 4.76. The third-order valence-electron chi connectivity index (χ3n) is 3.50. The molecule has 5 nitrogen and oxygen atoms in total. The Bertz CT molecular complexity index is 873. The quantitative estimate of drug-likeness (QED) is 0.501. The molecule has 1 aliphatic rings. The van der Waals surface area contributed by atoms with E-state index < -0.39 is 11.8 Å². The van der Waals surface area contributed by atoms with Crippen LogP contribution in [0.1, 0.15) is 11.1 Å². The number of halogens is 1. The number of rotatable bonds is 4. The molecule has 1 saturated heterocycles. The van der Waals surface area contributed by atoms with Crippen LogP contribution in [0, 0.1) is 5.82 Å². The van der Waals surface area contributed by atoms with Crippen molar-refractivity contribution in [2.24, 2.45) is 0 Å². The molecule has 3 rings (SSSR count). The molecule has 0 atom stereocenters. The second-order valence-electron chi connectivity index (χ2n) is 5.21. The predicted octanol–water partition coefficient (Wildman–Crippen LogP) is 2.32. The molecule has 1 heterocycles. The van der Waals surface area contributed by atoms with E-state index in [2.05, 4.69) is 10.6 Å². The summed E-state index contributed by atoms with van der Waals surface area (Å²) in [5.41, 5.74) is 0.839. The van der Waals surface area contributed by atoms with Gasteiger partial charge in [-0.25, -0.2) is 4.39 Å². The average Bonchev–Trinajstić information content (AvgIpc) is 2.58. The van der Waals surface area contributed by atoms with E-state index in [4.69, 9.17) is 17.0 Å². The normalized spacial score (nSPS) is 14.0. The topological polar surface area (TPSA) is 67.4 Å². The highest BCUT2D eigenvalue weighted by atomic mass is 32.1. The summed E-state index contributed by atoms with van der Waals surface area (Å²) in [6.45, 7) is 0.0232. The van der Waals surface area contributed by atoms with Gasteiger partial charge in [0.2, 0.25) is 0 Å². The molecule has 1 fully saturated rings. The van der Waals surface area contributed by atoms with E-state index in [1.807, 2.05) is 0 Å². The number of thiocarbonyl (C=S) groups is 1. The Morgan fingerprint density at radius 3 is 2.36 bits per heavy atom. The first kappa shape index (κ1) is 16.8. The van der Waals surface area contributed by atoms with E-state index in [1.165, 1.54) is 12.1 Å². The lowest BCUT2D eigenvalue weighted by molar-refractivity contribution is -0.123. The van der Waals surface area contributed by atoms with Gasteiger partial charge in [-0.05, 0) is 30.4 Å². The number of amides is 2. The van der Waals surface area contributed by atoms with Crippen molar-refractivity contribution in [2.75, 3.05) is 0 Å². The molecule has 25 heavy (non-hydrogen) atoms. The van der Waals surface area contributed by atoms with Crippen molar-refractivity contribution in [2.45, 2.75) is 6.61 Å². The number of nitrogens with one attached hydrogen (secondary N) is 2. The first-order valence-corrected chi connectivity index (χ1v) is 7.79. The molecule has 0 unspecified atom stereocenters. The van der Waals surface area contributed by atoms with Crippen LogP contribution in [-0.2, 0) is 16.2 Å². The van der Waals surface area contributed by atoms with Gasteiger partial charge in [0.1, 0.15) is 23.7 Å². The number of benzene rings is 2. The molecule has 2 aromatic rings. The molecule has 0 radical (unpaired) electrons. The zero-order valence-corrected chi connectivity index (χ0v) is 13.7. The Morgan fingerprint density at radius 2 is 1.64 bits per heavy atom. The van der Waals surface area contributed by atoms with E-state index >= 15 is 0 Å². The fourth-order valence-electron chi connectivity index (χ4n) is 2.26. The van der Waals surface area contributed by atoms with Gasteiger partial charge >= 0.3 is 0 Å².